The molecule has 1 saturated heterocycles. The molecule has 0 atom stereocenters. The number of benzene rings is 1. The third-order valence-electron chi connectivity index (χ3n) is 3.23. The number of carboxylic acids is 1. The van der Waals surface area contributed by atoms with Crippen molar-refractivity contribution < 1.29 is 23.9 Å². The zero-order valence-electron chi connectivity index (χ0n) is 13.0. The molecule has 1 aromatic rings. The van der Waals surface area contributed by atoms with Gasteiger partial charge in [0, 0.05) is 13.0 Å². The fraction of sp³-hybridized carbons (Fsp3) is 0.250. The van der Waals surface area contributed by atoms with Crippen LogP contribution in [-0.4, -0.2) is 45.2 Å². The monoisotopic (exact) mass is 382 g/mol. The fourth-order valence-electron chi connectivity index (χ4n) is 2.01. The van der Waals surface area contributed by atoms with Gasteiger partial charge in [-0.3, -0.25) is 19.3 Å². The van der Waals surface area contributed by atoms with E-state index >= 15 is 0 Å². The predicted molar refractivity (Wildman–Crippen MR) is 96.2 cm³/mol. The lowest BCUT2D eigenvalue weighted by atomic mass is 10.2. The number of carbonyl (C=O) groups excluding carboxylic acids is 2. The van der Waals surface area contributed by atoms with Crippen molar-refractivity contribution in [2.75, 3.05) is 13.1 Å². The number of aliphatic carboxylic acids is 1. The minimum absolute atomic E-state index is 0.0399. The van der Waals surface area contributed by atoms with Crippen LogP contribution in [-0.2, 0) is 14.4 Å². The first-order chi connectivity index (χ1) is 11.9. The second kappa shape index (κ2) is 8.72. The highest BCUT2D eigenvalue weighted by atomic mass is 32.2. The van der Waals surface area contributed by atoms with E-state index in [1.165, 1.54) is 29.2 Å². The van der Waals surface area contributed by atoms with E-state index < -0.39 is 11.9 Å². The van der Waals surface area contributed by atoms with Crippen LogP contribution in [0.1, 0.15) is 18.4 Å². The van der Waals surface area contributed by atoms with Gasteiger partial charge < -0.3 is 10.4 Å². The van der Waals surface area contributed by atoms with Gasteiger partial charge in [0.1, 0.15) is 16.7 Å². The van der Waals surface area contributed by atoms with Crippen molar-refractivity contribution in [2.24, 2.45) is 0 Å². The summed E-state index contributed by atoms with van der Waals surface area (Å²) in [5.74, 6) is -2.11. The number of amides is 2. The molecule has 0 aromatic heterocycles. The molecule has 1 aliphatic rings. The van der Waals surface area contributed by atoms with Crippen LogP contribution in [0.25, 0.3) is 6.08 Å². The summed E-state index contributed by atoms with van der Waals surface area (Å²) in [6.07, 6.45) is 1.86. The summed E-state index contributed by atoms with van der Waals surface area (Å²) in [6.45, 7) is -0.0101. The number of hydrogen-bond donors (Lipinski definition) is 2. The average molecular weight is 382 g/mol. The van der Waals surface area contributed by atoms with Crippen LogP contribution in [0.5, 0.6) is 0 Å². The largest absolute Gasteiger partial charge is 0.481 e. The number of nitrogens with one attached hydrogen (secondary N) is 1. The molecule has 1 fully saturated rings. The first-order valence-electron chi connectivity index (χ1n) is 7.36. The lowest BCUT2D eigenvalue weighted by Crippen LogP contribution is -2.39. The van der Waals surface area contributed by atoms with Gasteiger partial charge in [-0.1, -0.05) is 36.1 Å². The highest BCUT2D eigenvalue weighted by Gasteiger charge is 2.33. The molecule has 9 heteroatoms. The summed E-state index contributed by atoms with van der Waals surface area (Å²) >= 11 is 6.20. The van der Waals surface area contributed by atoms with Crippen LogP contribution < -0.4 is 5.32 Å². The molecule has 0 unspecified atom stereocenters. The van der Waals surface area contributed by atoms with E-state index in [0.29, 0.717) is 16.9 Å². The van der Waals surface area contributed by atoms with Crippen LogP contribution in [0.3, 0.4) is 0 Å². The summed E-state index contributed by atoms with van der Waals surface area (Å²) in [4.78, 5) is 36.2. The number of hydrogen-bond acceptors (Lipinski definition) is 5. The van der Waals surface area contributed by atoms with Gasteiger partial charge in [0.05, 0.1) is 4.91 Å². The summed E-state index contributed by atoms with van der Waals surface area (Å²) in [7, 11) is 0. The second-order valence-electron chi connectivity index (χ2n) is 5.17. The highest BCUT2D eigenvalue weighted by Crippen LogP contribution is 2.32. The smallest absolute Gasteiger partial charge is 0.303 e. The van der Waals surface area contributed by atoms with Crippen molar-refractivity contribution in [1.82, 2.24) is 10.2 Å². The number of carbonyl (C=O) groups is 3. The first kappa shape index (κ1) is 19.1. The third kappa shape index (κ3) is 5.64. The van der Waals surface area contributed by atoms with E-state index in [2.05, 4.69) is 5.32 Å². The van der Waals surface area contributed by atoms with Gasteiger partial charge in [0.25, 0.3) is 5.91 Å². The molecular formula is C16H15FN2O4S2. The molecule has 0 radical (unpaired) electrons. The van der Waals surface area contributed by atoms with Gasteiger partial charge in [-0.05, 0) is 30.2 Å². The van der Waals surface area contributed by atoms with Crippen molar-refractivity contribution in [3.8, 4) is 0 Å². The van der Waals surface area contributed by atoms with Gasteiger partial charge in [0.15, 0.2) is 0 Å². The zero-order chi connectivity index (χ0) is 18.4. The third-order valence-corrected chi connectivity index (χ3v) is 4.61. The molecule has 0 aliphatic carbocycles. The highest BCUT2D eigenvalue weighted by molar-refractivity contribution is 8.26. The summed E-state index contributed by atoms with van der Waals surface area (Å²) in [5.41, 5.74) is 0.653. The number of thioether (sulfide) groups is 1. The molecule has 1 aliphatic heterocycles. The Labute approximate surface area is 153 Å². The topological polar surface area (TPSA) is 86.7 Å². The van der Waals surface area contributed by atoms with Gasteiger partial charge in [0.2, 0.25) is 5.91 Å². The van der Waals surface area contributed by atoms with E-state index in [-0.39, 0.29) is 35.6 Å². The molecule has 2 amide bonds. The lowest BCUT2D eigenvalue weighted by molar-refractivity contribution is -0.137. The van der Waals surface area contributed by atoms with Crippen LogP contribution >= 0.6 is 24.0 Å². The van der Waals surface area contributed by atoms with E-state index in [9.17, 15) is 18.8 Å². The number of rotatable bonds is 7. The Morgan fingerprint density at radius 1 is 1.32 bits per heavy atom. The molecule has 0 spiro atoms. The molecule has 1 aromatic carbocycles. The fourth-order valence-corrected chi connectivity index (χ4v) is 3.27. The SMILES string of the molecule is O=C(O)CCCNC(=O)CN1C(=O)/C(=C/c2ccc(F)cc2)SC1=S. The maximum absolute atomic E-state index is 12.9. The van der Waals surface area contributed by atoms with Gasteiger partial charge >= 0.3 is 5.97 Å². The number of carboxylic acid groups (broad SMARTS) is 1. The van der Waals surface area contributed by atoms with Crippen molar-refractivity contribution in [3.63, 3.8) is 0 Å². The Hall–Kier alpha value is -2.26. The molecule has 2 rings (SSSR count). The normalized spacial score (nSPS) is 15.7. The molecule has 0 saturated carbocycles. The number of thiocarbonyl (C=S) groups is 1. The molecule has 1 heterocycles. The van der Waals surface area contributed by atoms with Crippen molar-refractivity contribution in [2.45, 2.75) is 12.8 Å². The maximum Gasteiger partial charge on any atom is 0.303 e. The van der Waals surface area contributed by atoms with Crippen molar-refractivity contribution in [3.05, 3.63) is 40.6 Å². The molecule has 25 heavy (non-hydrogen) atoms. The van der Waals surface area contributed by atoms with Crippen molar-refractivity contribution in [1.29, 1.82) is 0 Å². The molecule has 2 N–H and O–H groups in total. The Morgan fingerprint density at radius 2 is 2.00 bits per heavy atom. The van der Waals surface area contributed by atoms with Gasteiger partial charge in [-0.25, -0.2) is 4.39 Å². The predicted octanol–water partition coefficient (Wildman–Crippen LogP) is 2.01. The lowest BCUT2D eigenvalue weighted by Gasteiger charge is -2.13. The molecular weight excluding hydrogens is 367 g/mol. The van der Waals surface area contributed by atoms with Crippen LogP contribution in [0, 0.1) is 5.82 Å². The standard InChI is InChI=1S/C16H15FN2O4S2/c17-11-5-3-10(4-6-11)8-12-15(23)19(16(24)25-12)9-13(20)18-7-1-2-14(21)22/h3-6,8H,1-2,7,9H2,(H,18,20)(H,21,22)/b12-8-. The van der Waals surface area contributed by atoms with E-state index in [4.69, 9.17) is 17.3 Å². The first-order valence-corrected chi connectivity index (χ1v) is 8.58. The number of halogens is 1. The summed E-state index contributed by atoms with van der Waals surface area (Å²) in [5, 5.41) is 11.1. The van der Waals surface area contributed by atoms with Gasteiger partial charge in [-0.15, -0.1) is 0 Å². The van der Waals surface area contributed by atoms with Crippen LogP contribution in [0.4, 0.5) is 4.39 Å². The molecule has 132 valence electrons. The summed E-state index contributed by atoms with van der Waals surface area (Å²) < 4.78 is 13.2. The zero-order valence-corrected chi connectivity index (χ0v) is 14.7. The van der Waals surface area contributed by atoms with Crippen molar-refractivity contribution >= 4 is 52.2 Å². The Kier molecular flexibility index (Phi) is 6.65. The van der Waals surface area contributed by atoms with Crippen LogP contribution in [0.15, 0.2) is 29.2 Å². The minimum atomic E-state index is -0.933. The average Bonchev–Trinajstić information content (AvgIpc) is 2.81. The number of nitrogens with zero attached hydrogens (tertiary/aromatic N) is 1. The maximum atomic E-state index is 12.9. The van der Waals surface area contributed by atoms with E-state index in [1.54, 1.807) is 6.08 Å². The van der Waals surface area contributed by atoms with E-state index in [1.807, 2.05) is 0 Å². The van der Waals surface area contributed by atoms with E-state index in [0.717, 1.165) is 11.8 Å². The quantitative estimate of drug-likeness (QED) is 0.426. The molecule has 0 bridgehead atoms. The second-order valence-corrected chi connectivity index (χ2v) is 6.84. The molecule has 6 nitrogen and oxygen atoms in total. The minimum Gasteiger partial charge on any atom is -0.481 e. The Bertz CT molecular complexity index is 734. The van der Waals surface area contributed by atoms with Crippen LogP contribution in [0.2, 0.25) is 0 Å². The summed E-state index contributed by atoms with van der Waals surface area (Å²) in [6, 6.07) is 5.66. The Morgan fingerprint density at radius 3 is 2.64 bits per heavy atom. The van der Waals surface area contributed by atoms with Gasteiger partial charge in [-0.2, -0.15) is 0 Å². The Balaban J connectivity index is 1.93.